The van der Waals surface area contributed by atoms with Crippen molar-refractivity contribution in [2.45, 2.75) is 38.5 Å². The van der Waals surface area contributed by atoms with E-state index in [1.165, 1.54) is 0 Å². The summed E-state index contributed by atoms with van der Waals surface area (Å²) in [5.41, 5.74) is 0. The van der Waals surface area contributed by atoms with Crippen LogP contribution in [0.1, 0.15) is 38.5 Å². The average molecular weight is 275 g/mol. The molecule has 0 aromatic rings. The molecule has 0 rings (SSSR count). The molecular weight excluding hydrogens is 250 g/mol. The van der Waals surface area contributed by atoms with E-state index in [4.69, 9.17) is 19.9 Å². The molecule has 0 heterocycles. The van der Waals surface area contributed by atoms with Gasteiger partial charge in [0.25, 0.3) is 5.91 Å². The Morgan fingerprint density at radius 2 is 1.42 bits per heavy atom. The molecule has 0 aromatic heterocycles. The molecule has 0 radical (unpaired) electrons. The first kappa shape index (κ1) is 18.0. The van der Waals surface area contributed by atoms with Gasteiger partial charge in [-0.2, -0.15) is 0 Å². The Bertz CT molecular complexity index is 221. The molecule has 0 aliphatic rings. The zero-order valence-electron chi connectivity index (χ0n) is 11.4. The maximum Gasteiger partial charge on any atom is 0.296 e. The Morgan fingerprint density at radius 1 is 0.947 bits per heavy atom. The number of nitrogens with zero attached hydrogens (tertiary/aromatic N) is 1. The third-order valence-electron chi connectivity index (χ3n) is 2.38. The highest BCUT2D eigenvalue weighted by Crippen LogP contribution is 2.02. The number of rotatable bonds is 13. The van der Waals surface area contributed by atoms with Crippen LogP contribution in [0, 0.1) is 0 Å². The molecule has 0 unspecified atom stereocenters. The highest BCUT2D eigenvalue weighted by Gasteiger charge is 2.11. The Balaban J connectivity index is 3.76. The van der Waals surface area contributed by atoms with Gasteiger partial charge in [0.1, 0.15) is 0 Å². The number of carbonyl (C=O) groups excluding carboxylic acids is 1. The Morgan fingerprint density at radius 3 is 1.79 bits per heavy atom. The molecule has 0 aliphatic heterocycles. The van der Waals surface area contributed by atoms with Gasteiger partial charge in [0.15, 0.2) is 0 Å². The summed E-state index contributed by atoms with van der Waals surface area (Å²) in [6, 6.07) is 0. The molecule has 0 aromatic carbocycles. The topological polar surface area (TPSA) is 79.2 Å². The van der Waals surface area contributed by atoms with Crippen molar-refractivity contribution in [1.82, 2.24) is 5.23 Å². The summed E-state index contributed by atoms with van der Waals surface area (Å²) in [6.07, 6.45) is 5.74. The lowest BCUT2D eigenvalue weighted by Gasteiger charge is -2.19. The van der Waals surface area contributed by atoms with Crippen molar-refractivity contribution < 1.29 is 24.7 Å². The number of aliphatic hydroxyl groups excluding tert-OH is 2. The van der Waals surface area contributed by atoms with E-state index in [0.717, 1.165) is 49.8 Å². The first-order chi connectivity index (χ1) is 9.26. The molecule has 0 saturated heterocycles. The van der Waals surface area contributed by atoms with Gasteiger partial charge in [-0.15, -0.1) is 0 Å². The lowest BCUT2D eigenvalue weighted by Crippen LogP contribution is -2.30. The van der Waals surface area contributed by atoms with Crippen molar-refractivity contribution in [2.24, 2.45) is 0 Å². The molecule has 0 atom stereocenters. The van der Waals surface area contributed by atoms with Crippen LogP contribution in [0.25, 0.3) is 0 Å². The molecule has 6 nitrogen and oxygen atoms in total. The standard InChI is InChI=1S/C13H25NO5/c1-2-13(17)14(18-11-7-3-5-9-15)19-12-8-4-6-10-16/h2,15-16H,1,3-12H2. The van der Waals surface area contributed by atoms with Gasteiger partial charge in [-0.05, 0) is 38.5 Å². The van der Waals surface area contributed by atoms with E-state index in [1.807, 2.05) is 0 Å². The molecule has 0 fully saturated rings. The van der Waals surface area contributed by atoms with Gasteiger partial charge in [-0.3, -0.25) is 4.79 Å². The van der Waals surface area contributed by atoms with Crippen LogP contribution in [0.2, 0.25) is 0 Å². The predicted molar refractivity (Wildman–Crippen MR) is 70.8 cm³/mol. The molecule has 0 bridgehead atoms. The molecule has 6 heteroatoms. The van der Waals surface area contributed by atoms with Crippen molar-refractivity contribution in [3.8, 4) is 0 Å². The number of hydrogen-bond donors (Lipinski definition) is 2. The fraction of sp³-hybridized carbons (Fsp3) is 0.769. The maximum atomic E-state index is 11.4. The number of hydroxylamine groups is 2. The number of hydrogen-bond acceptors (Lipinski definition) is 5. The van der Waals surface area contributed by atoms with Gasteiger partial charge in [-0.1, -0.05) is 11.8 Å². The van der Waals surface area contributed by atoms with Crippen LogP contribution in [-0.2, 0) is 14.5 Å². The number of unbranched alkanes of at least 4 members (excludes halogenated alkanes) is 4. The summed E-state index contributed by atoms with van der Waals surface area (Å²) in [5.74, 6) is -0.440. The van der Waals surface area contributed by atoms with Gasteiger partial charge in [0, 0.05) is 19.3 Å². The Kier molecular flexibility index (Phi) is 12.8. The summed E-state index contributed by atoms with van der Waals surface area (Å²) in [5, 5.41) is 18.1. The van der Waals surface area contributed by atoms with E-state index in [2.05, 4.69) is 6.58 Å². The average Bonchev–Trinajstić information content (AvgIpc) is 2.43. The number of amides is 1. The van der Waals surface area contributed by atoms with E-state index in [9.17, 15) is 4.79 Å². The van der Waals surface area contributed by atoms with Crippen LogP contribution < -0.4 is 0 Å². The fourth-order valence-electron chi connectivity index (χ4n) is 1.32. The molecule has 112 valence electrons. The smallest absolute Gasteiger partial charge is 0.296 e. The molecule has 1 amide bonds. The summed E-state index contributed by atoms with van der Waals surface area (Å²) in [6.45, 7) is 4.42. The zero-order valence-corrected chi connectivity index (χ0v) is 11.4. The van der Waals surface area contributed by atoms with Gasteiger partial charge in [0.2, 0.25) is 0 Å². The van der Waals surface area contributed by atoms with Crippen molar-refractivity contribution in [3.63, 3.8) is 0 Å². The zero-order chi connectivity index (χ0) is 14.3. The highest BCUT2D eigenvalue weighted by molar-refractivity contribution is 5.85. The third kappa shape index (κ3) is 10.6. The molecule has 0 aliphatic carbocycles. The second-order valence-electron chi connectivity index (χ2n) is 4.03. The highest BCUT2D eigenvalue weighted by atomic mass is 17.0. The summed E-state index contributed by atoms with van der Waals surface area (Å²) in [7, 11) is 0. The second-order valence-corrected chi connectivity index (χ2v) is 4.03. The van der Waals surface area contributed by atoms with Crippen LogP contribution in [0.3, 0.4) is 0 Å². The van der Waals surface area contributed by atoms with Crippen LogP contribution >= 0.6 is 0 Å². The quantitative estimate of drug-likeness (QED) is 0.300. The largest absolute Gasteiger partial charge is 0.396 e. The normalized spacial score (nSPS) is 10.4. The van der Waals surface area contributed by atoms with E-state index in [-0.39, 0.29) is 13.2 Å². The van der Waals surface area contributed by atoms with Gasteiger partial charge >= 0.3 is 0 Å². The van der Waals surface area contributed by atoms with Crippen LogP contribution in [-0.4, -0.2) is 47.8 Å². The summed E-state index contributed by atoms with van der Waals surface area (Å²) >= 11 is 0. The maximum absolute atomic E-state index is 11.4. The molecule has 0 saturated carbocycles. The third-order valence-corrected chi connectivity index (χ3v) is 2.38. The molecule has 19 heavy (non-hydrogen) atoms. The predicted octanol–water partition coefficient (Wildman–Crippen LogP) is 1.19. The fourth-order valence-corrected chi connectivity index (χ4v) is 1.32. The monoisotopic (exact) mass is 275 g/mol. The van der Waals surface area contributed by atoms with Crippen LogP contribution in [0.15, 0.2) is 12.7 Å². The number of carbonyl (C=O) groups is 1. The van der Waals surface area contributed by atoms with Crippen molar-refractivity contribution in [1.29, 1.82) is 0 Å². The SMILES string of the molecule is C=CC(=O)N(OCCCCCO)OCCCCCO. The lowest BCUT2D eigenvalue weighted by atomic mass is 10.2. The minimum absolute atomic E-state index is 0.163. The lowest BCUT2D eigenvalue weighted by molar-refractivity contribution is -0.339. The first-order valence-corrected chi connectivity index (χ1v) is 6.70. The van der Waals surface area contributed by atoms with Crippen LogP contribution in [0.5, 0.6) is 0 Å². The van der Waals surface area contributed by atoms with E-state index in [0.29, 0.717) is 13.2 Å². The van der Waals surface area contributed by atoms with E-state index >= 15 is 0 Å². The van der Waals surface area contributed by atoms with Gasteiger partial charge in [-0.25, -0.2) is 9.68 Å². The van der Waals surface area contributed by atoms with E-state index in [1.54, 1.807) is 0 Å². The van der Waals surface area contributed by atoms with Crippen molar-refractivity contribution >= 4 is 5.91 Å². The van der Waals surface area contributed by atoms with Crippen molar-refractivity contribution in [3.05, 3.63) is 12.7 Å². The minimum Gasteiger partial charge on any atom is -0.396 e. The Labute approximate surface area is 114 Å². The Hall–Kier alpha value is -0.950. The van der Waals surface area contributed by atoms with Gasteiger partial charge < -0.3 is 10.2 Å². The summed E-state index contributed by atoms with van der Waals surface area (Å²) < 4.78 is 0. The molecule has 2 N–H and O–H groups in total. The van der Waals surface area contributed by atoms with Gasteiger partial charge in [0.05, 0.1) is 13.2 Å². The number of aliphatic hydroxyl groups is 2. The van der Waals surface area contributed by atoms with Crippen molar-refractivity contribution in [2.75, 3.05) is 26.4 Å². The van der Waals surface area contributed by atoms with Crippen LogP contribution in [0.4, 0.5) is 0 Å². The minimum atomic E-state index is -0.440. The summed E-state index contributed by atoms with van der Waals surface area (Å²) in [4.78, 5) is 21.8. The second kappa shape index (κ2) is 13.5. The van der Waals surface area contributed by atoms with E-state index < -0.39 is 5.91 Å². The first-order valence-electron chi connectivity index (χ1n) is 6.70. The molecular formula is C13H25NO5. The molecule has 0 spiro atoms.